The van der Waals surface area contributed by atoms with Crippen LogP contribution in [0.25, 0.3) is 0 Å². The van der Waals surface area contributed by atoms with Crippen molar-refractivity contribution in [1.82, 2.24) is 20.0 Å². The molecule has 1 saturated heterocycles. The Morgan fingerprint density at radius 1 is 1.27 bits per heavy atom. The summed E-state index contributed by atoms with van der Waals surface area (Å²) in [5.41, 5.74) is 1.36. The first kappa shape index (κ1) is 15.5. The first-order valence-corrected chi connectivity index (χ1v) is 8.58. The molecule has 1 aromatic heterocycles. The Labute approximate surface area is 133 Å². The highest BCUT2D eigenvalue weighted by Gasteiger charge is 2.39. The summed E-state index contributed by atoms with van der Waals surface area (Å²) < 4.78 is 1.76. The van der Waals surface area contributed by atoms with E-state index < -0.39 is 0 Å². The van der Waals surface area contributed by atoms with Crippen LogP contribution in [0.2, 0.25) is 0 Å². The number of likely N-dealkylation sites (tertiary alicyclic amines) is 1. The molecule has 1 aliphatic carbocycles. The number of piperidine rings is 1. The highest BCUT2D eigenvalue weighted by molar-refractivity contribution is 5.83. The fourth-order valence-electron chi connectivity index (χ4n) is 4.31. The molecule has 1 saturated carbocycles. The molecule has 1 N–H and O–H groups in total. The van der Waals surface area contributed by atoms with Gasteiger partial charge < -0.3 is 10.2 Å². The zero-order valence-electron chi connectivity index (χ0n) is 13.8. The maximum Gasteiger partial charge on any atom is 0.244 e. The van der Waals surface area contributed by atoms with E-state index in [4.69, 9.17) is 0 Å². The number of nitrogens with one attached hydrogen (secondary N) is 1. The van der Waals surface area contributed by atoms with Crippen LogP contribution in [0.1, 0.15) is 56.6 Å². The van der Waals surface area contributed by atoms with E-state index in [9.17, 15) is 4.79 Å². The second-order valence-corrected chi connectivity index (χ2v) is 7.09. The van der Waals surface area contributed by atoms with Crippen LogP contribution in [0.15, 0.2) is 12.4 Å². The molecule has 5 heteroatoms. The molecule has 5 nitrogen and oxygen atoms in total. The predicted octanol–water partition coefficient (Wildman–Crippen LogP) is 2.25. The van der Waals surface area contributed by atoms with E-state index >= 15 is 0 Å². The average Bonchev–Trinajstić information content (AvgIpc) is 2.95. The Hall–Kier alpha value is -1.36. The summed E-state index contributed by atoms with van der Waals surface area (Å²) in [6.07, 6.45) is 12.8. The van der Waals surface area contributed by atoms with Gasteiger partial charge in [0, 0.05) is 31.9 Å². The van der Waals surface area contributed by atoms with Gasteiger partial charge in [0.15, 0.2) is 0 Å². The number of rotatable bonds is 3. The number of aromatic nitrogens is 2. The van der Waals surface area contributed by atoms with E-state index in [-0.39, 0.29) is 11.9 Å². The van der Waals surface area contributed by atoms with Gasteiger partial charge in [-0.25, -0.2) is 0 Å². The summed E-state index contributed by atoms with van der Waals surface area (Å²) in [6, 6.07) is -0.271. The summed E-state index contributed by atoms with van der Waals surface area (Å²) in [5.74, 6) is 0.208. The molecule has 1 amide bonds. The van der Waals surface area contributed by atoms with Crippen LogP contribution < -0.4 is 5.32 Å². The molecular weight excluding hydrogens is 276 g/mol. The quantitative estimate of drug-likeness (QED) is 0.932. The fraction of sp³-hybridized carbons (Fsp3) is 0.765. The maximum atomic E-state index is 13.0. The molecule has 22 heavy (non-hydrogen) atoms. The van der Waals surface area contributed by atoms with Crippen molar-refractivity contribution in [2.45, 2.75) is 51.0 Å². The molecule has 1 spiro atoms. The minimum atomic E-state index is -0.271. The third-order valence-corrected chi connectivity index (χ3v) is 5.48. The molecule has 2 fully saturated rings. The number of nitrogens with zero attached hydrogens (tertiary/aromatic N) is 3. The smallest absolute Gasteiger partial charge is 0.244 e. The molecule has 122 valence electrons. The molecular formula is C17H28N4O. The van der Waals surface area contributed by atoms with E-state index in [1.807, 2.05) is 20.3 Å². The molecule has 1 aromatic rings. The molecule has 1 atom stereocenters. The third kappa shape index (κ3) is 3.05. The van der Waals surface area contributed by atoms with Gasteiger partial charge in [0.2, 0.25) is 5.91 Å². The molecule has 1 aliphatic heterocycles. The minimum absolute atomic E-state index is 0.208. The Kier molecular flexibility index (Phi) is 4.52. The Bertz CT molecular complexity index is 513. The van der Waals surface area contributed by atoms with Crippen molar-refractivity contribution in [2.75, 3.05) is 20.1 Å². The highest BCUT2D eigenvalue weighted by atomic mass is 16.2. The Morgan fingerprint density at radius 3 is 2.64 bits per heavy atom. The van der Waals surface area contributed by atoms with E-state index in [2.05, 4.69) is 15.3 Å². The van der Waals surface area contributed by atoms with Gasteiger partial charge in [-0.05, 0) is 38.1 Å². The maximum absolute atomic E-state index is 13.0. The monoisotopic (exact) mass is 304 g/mol. The van der Waals surface area contributed by atoms with Gasteiger partial charge in [-0.15, -0.1) is 0 Å². The van der Waals surface area contributed by atoms with Gasteiger partial charge in [-0.3, -0.25) is 9.48 Å². The van der Waals surface area contributed by atoms with Crippen LogP contribution in [0.4, 0.5) is 0 Å². The van der Waals surface area contributed by atoms with Crippen molar-refractivity contribution in [2.24, 2.45) is 12.5 Å². The normalized spacial score (nSPS) is 22.7. The number of carbonyl (C=O) groups is 1. The van der Waals surface area contributed by atoms with Gasteiger partial charge in [-0.1, -0.05) is 19.3 Å². The van der Waals surface area contributed by atoms with Crippen LogP contribution in [-0.4, -0.2) is 40.7 Å². The molecule has 0 bridgehead atoms. The zero-order chi connectivity index (χ0) is 15.6. The summed E-state index contributed by atoms with van der Waals surface area (Å²) in [6.45, 7) is 1.85. The van der Waals surface area contributed by atoms with Crippen molar-refractivity contribution in [3.05, 3.63) is 18.0 Å². The fourth-order valence-corrected chi connectivity index (χ4v) is 4.31. The SMILES string of the molecule is CNC(C(=O)N1CCCC2(CCCCC2)C1)c1cnn(C)c1. The highest BCUT2D eigenvalue weighted by Crippen LogP contribution is 2.43. The van der Waals surface area contributed by atoms with Crippen molar-refractivity contribution in [3.8, 4) is 0 Å². The molecule has 1 unspecified atom stereocenters. The van der Waals surface area contributed by atoms with Gasteiger partial charge in [-0.2, -0.15) is 5.10 Å². The summed E-state index contributed by atoms with van der Waals surface area (Å²) >= 11 is 0. The Balaban J connectivity index is 1.72. The molecule has 3 rings (SSSR count). The van der Waals surface area contributed by atoms with Gasteiger partial charge in [0.1, 0.15) is 6.04 Å². The number of likely N-dealkylation sites (N-methyl/N-ethyl adjacent to an activating group) is 1. The number of carbonyl (C=O) groups excluding carboxylic acids is 1. The van der Waals surface area contributed by atoms with E-state index in [0.29, 0.717) is 5.41 Å². The van der Waals surface area contributed by atoms with E-state index in [1.165, 1.54) is 38.5 Å². The number of aryl methyl sites for hydroxylation is 1. The van der Waals surface area contributed by atoms with Crippen molar-refractivity contribution >= 4 is 5.91 Å². The molecule has 0 aromatic carbocycles. The van der Waals surface area contributed by atoms with Crippen molar-refractivity contribution in [1.29, 1.82) is 0 Å². The zero-order valence-corrected chi connectivity index (χ0v) is 13.8. The minimum Gasteiger partial charge on any atom is -0.340 e. The van der Waals surface area contributed by atoms with Crippen LogP contribution in [-0.2, 0) is 11.8 Å². The van der Waals surface area contributed by atoms with Crippen molar-refractivity contribution in [3.63, 3.8) is 0 Å². The van der Waals surface area contributed by atoms with E-state index in [1.54, 1.807) is 10.9 Å². The summed E-state index contributed by atoms with van der Waals surface area (Å²) in [4.78, 5) is 15.1. The molecule has 2 heterocycles. The van der Waals surface area contributed by atoms with Crippen LogP contribution in [0.3, 0.4) is 0 Å². The lowest BCUT2D eigenvalue weighted by Crippen LogP contribution is -2.49. The largest absolute Gasteiger partial charge is 0.340 e. The number of amides is 1. The van der Waals surface area contributed by atoms with Gasteiger partial charge in [0.05, 0.1) is 6.20 Å². The lowest BCUT2D eigenvalue weighted by atomic mass is 9.69. The summed E-state index contributed by atoms with van der Waals surface area (Å²) in [7, 11) is 3.74. The standard InChI is InChI=1S/C17H28N4O/c1-18-15(14-11-19-20(2)12-14)16(22)21-10-6-9-17(13-21)7-4-3-5-8-17/h11-12,15,18H,3-10,13H2,1-2H3. The number of hydrogen-bond donors (Lipinski definition) is 1. The Morgan fingerprint density at radius 2 is 2.00 bits per heavy atom. The van der Waals surface area contributed by atoms with Crippen LogP contribution in [0, 0.1) is 5.41 Å². The average molecular weight is 304 g/mol. The van der Waals surface area contributed by atoms with Crippen molar-refractivity contribution < 1.29 is 4.79 Å². The van der Waals surface area contributed by atoms with Crippen LogP contribution >= 0.6 is 0 Å². The second kappa shape index (κ2) is 6.41. The lowest BCUT2D eigenvalue weighted by Gasteiger charge is -2.46. The first-order valence-electron chi connectivity index (χ1n) is 8.58. The number of hydrogen-bond acceptors (Lipinski definition) is 3. The molecule has 0 radical (unpaired) electrons. The predicted molar refractivity (Wildman–Crippen MR) is 86.3 cm³/mol. The lowest BCUT2D eigenvalue weighted by molar-refractivity contribution is -0.137. The first-order chi connectivity index (χ1) is 10.6. The topological polar surface area (TPSA) is 50.2 Å². The van der Waals surface area contributed by atoms with Gasteiger partial charge in [0.25, 0.3) is 0 Å². The van der Waals surface area contributed by atoms with Gasteiger partial charge >= 0.3 is 0 Å². The third-order valence-electron chi connectivity index (χ3n) is 5.48. The van der Waals surface area contributed by atoms with Crippen LogP contribution in [0.5, 0.6) is 0 Å². The summed E-state index contributed by atoms with van der Waals surface area (Å²) in [5, 5.41) is 7.38. The van der Waals surface area contributed by atoms with E-state index in [0.717, 1.165) is 25.1 Å². The second-order valence-electron chi connectivity index (χ2n) is 7.09. The molecule has 2 aliphatic rings.